The van der Waals surface area contributed by atoms with Crippen molar-refractivity contribution in [1.29, 1.82) is 0 Å². The second kappa shape index (κ2) is 5.38. The third kappa shape index (κ3) is 3.10. The summed E-state index contributed by atoms with van der Waals surface area (Å²) in [5.74, 6) is 0. The van der Waals surface area contributed by atoms with Gasteiger partial charge in [-0.25, -0.2) is 0 Å². The number of rotatable bonds is 5. The van der Waals surface area contributed by atoms with Gasteiger partial charge < -0.3 is 15.3 Å². The minimum absolute atomic E-state index is 0.222. The molecule has 1 aliphatic heterocycles. The van der Waals surface area contributed by atoms with Crippen LogP contribution in [0.25, 0.3) is 0 Å². The van der Waals surface area contributed by atoms with Crippen LogP contribution in [0.5, 0.6) is 0 Å². The summed E-state index contributed by atoms with van der Waals surface area (Å²) in [5.41, 5.74) is 0.593. The largest absolute Gasteiger partial charge is 0.387 e. The van der Waals surface area contributed by atoms with E-state index >= 15 is 0 Å². The van der Waals surface area contributed by atoms with E-state index in [1.807, 2.05) is 17.9 Å². The summed E-state index contributed by atoms with van der Waals surface area (Å²) >= 11 is 0. The van der Waals surface area contributed by atoms with E-state index in [1.54, 1.807) is 0 Å². The Bertz CT molecular complexity index is 392. The molecule has 2 N–H and O–H groups in total. The molecule has 0 amide bonds. The van der Waals surface area contributed by atoms with Crippen molar-refractivity contribution < 1.29 is 5.11 Å². The van der Waals surface area contributed by atoms with Crippen molar-refractivity contribution in [2.24, 2.45) is 0 Å². The number of likely N-dealkylation sites (tertiary alicyclic amines) is 1. The number of aliphatic hydroxyl groups is 1. The summed E-state index contributed by atoms with van der Waals surface area (Å²) in [5, 5.41) is 18.1. The first kappa shape index (κ1) is 13.5. The van der Waals surface area contributed by atoms with Crippen molar-refractivity contribution in [3.8, 4) is 0 Å². The van der Waals surface area contributed by atoms with Crippen LogP contribution < -0.4 is 5.32 Å². The molecule has 1 aromatic heterocycles. The van der Waals surface area contributed by atoms with E-state index in [1.165, 1.54) is 5.56 Å². The lowest BCUT2D eigenvalue weighted by molar-refractivity contribution is 0.0494. The number of aromatic nitrogens is 2. The number of nitrogens with zero attached hydrogens (tertiary/aromatic N) is 3. The molecular formula is C13H24N4O. The molecule has 0 aliphatic carbocycles. The summed E-state index contributed by atoms with van der Waals surface area (Å²) in [7, 11) is 2.05. The number of aryl methyl sites for hydroxylation is 1. The van der Waals surface area contributed by atoms with Gasteiger partial charge in [-0.2, -0.15) is 5.10 Å². The third-order valence-corrected chi connectivity index (χ3v) is 3.74. The van der Waals surface area contributed by atoms with E-state index in [9.17, 15) is 5.11 Å². The van der Waals surface area contributed by atoms with Gasteiger partial charge in [0.25, 0.3) is 0 Å². The predicted molar refractivity (Wildman–Crippen MR) is 71.4 cm³/mol. The Hall–Kier alpha value is -0.910. The molecule has 2 rings (SSSR count). The fourth-order valence-corrected chi connectivity index (χ4v) is 2.44. The summed E-state index contributed by atoms with van der Waals surface area (Å²) in [6.45, 7) is 7.43. The summed E-state index contributed by atoms with van der Waals surface area (Å²) < 4.78 is 1.92. The molecule has 1 aliphatic rings. The van der Waals surface area contributed by atoms with Gasteiger partial charge in [-0.3, -0.25) is 4.68 Å². The lowest BCUT2D eigenvalue weighted by Gasteiger charge is -2.25. The number of hydrogen-bond acceptors (Lipinski definition) is 4. The van der Waals surface area contributed by atoms with E-state index in [-0.39, 0.29) is 6.04 Å². The fourth-order valence-electron chi connectivity index (χ4n) is 2.44. The monoisotopic (exact) mass is 252 g/mol. The van der Waals surface area contributed by atoms with Crippen molar-refractivity contribution in [3.63, 3.8) is 0 Å². The van der Waals surface area contributed by atoms with E-state index in [2.05, 4.69) is 35.4 Å². The van der Waals surface area contributed by atoms with Gasteiger partial charge in [-0.1, -0.05) is 0 Å². The normalized spacial score (nSPS) is 26.7. The van der Waals surface area contributed by atoms with Gasteiger partial charge in [0.2, 0.25) is 0 Å². The Labute approximate surface area is 109 Å². The molecule has 0 spiro atoms. The van der Waals surface area contributed by atoms with Gasteiger partial charge in [0.1, 0.15) is 0 Å². The minimum atomic E-state index is -0.580. The third-order valence-electron chi connectivity index (χ3n) is 3.74. The number of hydrogen-bond donors (Lipinski definition) is 2. The van der Waals surface area contributed by atoms with Crippen LogP contribution >= 0.6 is 0 Å². The van der Waals surface area contributed by atoms with Gasteiger partial charge in [-0.15, -0.1) is 0 Å². The van der Waals surface area contributed by atoms with Gasteiger partial charge in [-0.05, 0) is 27.3 Å². The topological polar surface area (TPSA) is 53.3 Å². The first-order valence-corrected chi connectivity index (χ1v) is 6.69. The average Bonchev–Trinajstić information content (AvgIpc) is 2.94. The van der Waals surface area contributed by atoms with E-state index < -0.39 is 5.60 Å². The molecule has 2 atom stereocenters. The smallest absolute Gasteiger partial charge is 0.0909 e. The van der Waals surface area contributed by atoms with Gasteiger partial charge in [0.05, 0.1) is 11.8 Å². The van der Waals surface area contributed by atoms with Crippen LogP contribution in [-0.4, -0.2) is 52.1 Å². The predicted octanol–water partition coefficient (Wildman–Crippen LogP) is 0.620. The highest BCUT2D eigenvalue weighted by atomic mass is 16.3. The molecular weight excluding hydrogens is 228 g/mol. The second-order valence-electron chi connectivity index (χ2n) is 5.44. The highest BCUT2D eigenvalue weighted by Gasteiger charge is 2.34. The Morgan fingerprint density at radius 2 is 2.39 bits per heavy atom. The molecule has 1 aromatic rings. The van der Waals surface area contributed by atoms with Gasteiger partial charge in [0, 0.05) is 44.0 Å². The first-order valence-electron chi connectivity index (χ1n) is 6.69. The first-order chi connectivity index (χ1) is 8.52. The Morgan fingerprint density at radius 1 is 1.61 bits per heavy atom. The lowest BCUT2D eigenvalue weighted by Crippen LogP contribution is -2.43. The van der Waals surface area contributed by atoms with E-state index in [0.29, 0.717) is 6.54 Å². The van der Waals surface area contributed by atoms with Gasteiger partial charge >= 0.3 is 0 Å². The Morgan fingerprint density at radius 3 is 2.94 bits per heavy atom. The lowest BCUT2D eigenvalue weighted by atomic mass is 10.0. The molecule has 0 saturated carbocycles. The van der Waals surface area contributed by atoms with Crippen LogP contribution in [0.15, 0.2) is 12.4 Å². The highest BCUT2D eigenvalue weighted by Crippen LogP contribution is 2.20. The molecule has 0 radical (unpaired) electrons. The van der Waals surface area contributed by atoms with Crippen molar-refractivity contribution in [2.75, 3.05) is 26.7 Å². The van der Waals surface area contributed by atoms with Crippen molar-refractivity contribution in [1.82, 2.24) is 20.0 Å². The zero-order valence-corrected chi connectivity index (χ0v) is 11.6. The molecule has 5 nitrogen and oxygen atoms in total. The maximum atomic E-state index is 10.4. The maximum absolute atomic E-state index is 10.4. The summed E-state index contributed by atoms with van der Waals surface area (Å²) in [6.07, 6.45) is 4.80. The Balaban J connectivity index is 1.86. The molecule has 1 fully saturated rings. The average molecular weight is 252 g/mol. The van der Waals surface area contributed by atoms with Crippen LogP contribution in [0.4, 0.5) is 0 Å². The standard InChI is InChI=1S/C13H24N4O/c1-4-17-8-12(7-15-17)11(2)14-9-13(18)5-6-16(3)10-13/h7-8,11,14,18H,4-6,9-10H2,1-3H3. The van der Waals surface area contributed by atoms with E-state index in [4.69, 9.17) is 0 Å². The molecule has 5 heteroatoms. The zero-order chi connectivity index (χ0) is 13.2. The molecule has 2 unspecified atom stereocenters. The van der Waals surface area contributed by atoms with Crippen LogP contribution in [0.1, 0.15) is 31.9 Å². The Kier molecular flexibility index (Phi) is 4.04. The molecule has 2 heterocycles. The van der Waals surface area contributed by atoms with Gasteiger partial charge in [0.15, 0.2) is 0 Å². The molecule has 1 saturated heterocycles. The summed E-state index contributed by atoms with van der Waals surface area (Å²) in [6, 6.07) is 0.222. The number of β-amino-alcohol motifs (C(OH)–C–C–N with tert-alkyl or cyclic N) is 1. The molecule has 0 bridgehead atoms. The number of nitrogens with one attached hydrogen (secondary N) is 1. The van der Waals surface area contributed by atoms with Crippen molar-refractivity contribution >= 4 is 0 Å². The molecule has 18 heavy (non-hydrogen) atoms. The van der Waals surface area contributed by atoms with Crippen LogP contribution in [-0.2, 0) is 6.54 Å². The fraction of sp³-hybridized carbons (Fsp3) is 0.769. The molecule has 102 valence electrons. The minimum Gasteiger partial charge on any atom is -0.387 e. The zero-order valence-electron chi connectivity index (χ0n) is 11.6. The number of likely N-dealkylation sites (N-methyl/N-ethyl adjacent to an activating group) is 1. The van der Waals surface area contributed by atoms with Crippen molar-refractivity contribution in [2.45, 2.75) is 38.5 Å². The molecule has 0 aromatic carbocycles. The van der Waals surface area contributed by atoms with Crippen LogP contribution in [0.3, 0.4) is 0 Å². The van der Waals surface area contributed by atoms with E-state index in [0.717, 1.165) is 26.1 Å². The second-order valence-corrected chi connectivity index (χ2v) is 5.44. The maximum Gasteiger partial charge on any atom is 0.0909 e. The quantitative estimate of drug-likeness (QED) is 0.806. The van der Waals surface area contributed by atoms with Crippen LogP contribution in [0, 0.1) is 0 Å². The van der Waals surface area contributed by atoms with Crippen LogP contribution in [0.2, 0.25) is 0 Å². The van der Waals surface area contributed by atoms with Crippen molar-refractivity contribution in [3.05, 3.63) is 18.0 Å². The summed E-state index contributed by atoms with van der Waals surface area (Å²) in [4.78, 5) is 2.17. The SMILES string of the molecule is CCn1cc(C(C)NCC2(O)CCN(C)C2)cn1. The highest BCUT2D eigenvalue weighted by molar-refractivity contribution is 5.09.